The molecule has 0 saturated heterocycles. The monoisotopic (exact) mass is 437 g/mol. The van der Waals surface area contributed by atoms with E-state index in [1.165, 1.54) is 28.8 Å². The third-order valence-corrected chi connectivity index (χ3v) is 6.97. The Labute approximate surface area is 179 Å². The summed E-state index contributed by atoms with van der Waals surface area (Å²) in [7, 11) is 0. The van der Waals surface area contributed by atoms with Crippen LogP contribution < -0.4 is 0 Å². The van der Waals surface area contributed by atoms with Gasteiger partial charge in [0.15, 0.2) is 5.78 Å². The molecule has 1 atom stereocenters. The fourth-order valence-corrected chi connectivity index (χ4v) is 5.12. The van der Waals surface area contributed by atoms with E-state index in [-0.39, 0.29) is 17.4 Å². The third-order valence-electron chi connectivity index (χ3n) is 5.02. The molecular formula is C20H15N5O3S2. The summed E-state index contributed by atoms with van der Waals surface area (Å²) in [5.41, 5.74) is 2.39. The first-order valence-electron chi connectivity index (χ1n) is 9.26. The number of hydrogen-bond acceptors (Lipinski definition) is 8. The molecule has 3 aromatic heterocycles. The van der Waals surface area contributed by atoms with Crippen LogP contribution in [0.4, 0.5) is 5.69 Å². The Bertz CT molecular complexity index is 1250. The highest BCUT2D eigenvalue weighted by Crippen LogP contribution is 2.34. The lowest BCUT2D eigenvalue weighted by atomic mass is 9.86. The molecule has 1 aromatic carbocycles. The zero-order valence-corrected chi connectivity index (χ0v) is 17.2. The maximum absolute atomic E-state index is 12.7. The molecule has 0 radical (unpaired) electrons. The Hall–Kier alpha value is -3.11. The summed E-state index contributed by atoms with van der Waals surface area (Å²) in [6.07, 6.45) is 2.93. The molecule has 0 bridgehead atoms. The number of rotatable bonds is 5. The van der Waals surface area contributed by atoms with Crippen molar-refractivity contribution >= 4 is 40.3 Å². The number of carbonyl (C=O) groups excluding carboxylic acids is 1. The van der Waals surface area contributed by atoms with Crippen LogP contribution in [0, 0.1) is 10.1 Å². The summed E-state index contributed by atoms with van der Waals surface area (Å²) in [4.78, 5) is 33.3. The van der Waals surface area contributed by atoms with Crippen molar-refractivity contribution in [1.82, 2.24) is 19.6 Å². The van der Waals surface area contributed by atoms with Gasteiger partial charge in [0, 0.05) is 41.3 Å². The highest BCUT2D eigenvalue weighted by molar-refractivity contribution is 7.98. The Morgan fingerprint density at radius 2 is 2.03 bits per heavy atom. The number of ketones is 1. The minimum absolute atomic E-state index is 0.0647. The molecule has 0 saturated carbocycles. The Morgan fingerprint density at radius 3 is 2.77 bits per heavy atom. The van der Waals surface area contributed by atoms with Crippen molar-refractivity contribution in [2.75, 3.05) is 0 Å². The molecule has 5 rings (SSSR count). The summed E-state index contributed by atoms with van der Waals surface area (Å²) in [6, 6.07) is 10.5. The van der Waals surface area contributed by atoms with Gasteiger partial charge in [0.25, 0.3) is 11.5 Å². The molecule has 0 fully saturated rings. The second-order valence-corrected chi connectivity index (χ2v) is 8.92. The Morgan fingerprint density at radius 1 is 1.20 bits per heavy atom. The van der Waals surface area contributed by atoms with Crippen LogP contribution in [-0.2, 0) is 12.2 Å². The molecule has 1 aliphatic carbocycles. The van der Waals surface area contributed by atoms with Crippen LogP contribution in [0.15, 0.2) is 53.1 Å². The standard InChI is InChI=1S/C20H15N5O3S2/c26-17-9-13(18-2-1-7-29-18)8-16-15(17)10-24-19(21-16)22-20(23-24)30-11-12-3-5-14(6-4-12)25(27)28/h1-7,10,13H,8-9,11H2/t13-/m1/s1. The number of aromatic nitrogens is 4. The zero-order valence-electron chi connectivity index (χ0n) is 15.6. The number of carbonyl (C=O) groups is 1. The van der Waals surface area contributed by atoms with Crippen LogP contribution in [0.1, 0.15) is 38.8 Å². The van der Waals surface area contributed by atoms with Crippen molar-refractivity contribution in [3.8, 4) is 0 Å². The van der Waals surface area contributed by atoms with Gasteiger partial charge in [-0.25, -0.2) is 9.50 Å². The van der Waals surface area contributed by atoms with E-state index in [4.69, 9.17) is 0 Å². The molecule has 150 valence electrons. The number of nitro benzene ring substituents is 1. The summed E-state index contributed by atoms with van der Waals surface area (Å²) >= 11 is 3.09. The van der Waals surface area contributed by atoms with Gasteiger partial charge >= 0.3 is 0 Å². The fraction of sp³-hybridized carbons (Fsp3) is 0.200. The number of non-ortho nitro benzene ring substituents is 1. The number of thioether (sulfide) groups is 1. The molecule has 8 nitrogen and oxygen atoms in total. The van der Waals surface area contributed by atoms with Crippen molar-refractivity contribution in [1.29, 1.82) is 0 Å². The Balaban J connectivity index is 1.36. The number of hydrogen-bond donors (Lipinski definition) is 0. The van der Waals surface area contributed by atoms with Gasteiger partial charge in [-0.05, 0) is 23.4 Å². The second kappa shape index (κ2) is 7.62. The molecule has 4 aromatic rings. The summed E-state index contributed by atoms with van der Waals surface area (Å²) in [5, 5.41) is 17.8. The predicted octanol–water partition coefficient (Wildman–Crippen LogP) is 4.30. The van der Waals surface area contributed by atoms with Crippen molar-refractivity contribution < 1.29 is 9.72 Å². The van der Waals surface area contributed by atoms with Gasteiger partial charge in [-0.15, -0.1) is 16.4 Å². The van der Waals surface area contributed by atoms with Crippen molar-refractivity contribution in [2.45, 2.75) is 29.7 Å². The van der Waals surface area contributed by atoms with Gasteiger partial charge in [0.1, 0.15) is 0 Å². The molecule has 0 amide bonds. The number of nitro groups is 1. The quantitative estimate of drug-likeness (QED) is 0.260. The number of fused-ring (bicyclic) bond motifs is 2. The molecule has 0 aliphatic heterocycles. The minimum Gasteiger partial charge on any atom is -0.294 e. The van der Waals surface area contributed by atoms with E-state index >= 15 is 0 Å². The highest BCUT2D eigenvalue weighted by atomic mass is 32.2. The highest BCUT2D eigenvalue weighted by Gasteiger charge is 2.29. The number of nitrogens with zero attached hydrogens (tertiary/aromatic N) is 5. The molecular weight excluding hydrogens is 422 g/mol. The summed E-state index contributed by atoms with van der Waals surface area (Å²) in [5.74, 6) is 1.30. The molecule has 0 N–H and O–H groups in total. The average molecular weight is 438 g/mol. The maximum atomic E-state index is 12.7. The summed E-state index contributed by atoms with van der Waals surface area (Å²) < 4.78 is 1.56. The topological polar surface area (TPSA) is 103 Å². The first-order valence-corrected chi connectivity index (χ1v) is 11.1. The smallest absolute Gasteiger partial charge is 0.269 e. The van der Waals surface area contributed by atoms with Gasteiger partial charge in [-0.2, -0.15) is 4.98 Å². The fourth-order valence-electron chi connectivity index (χ4n) is 3.51. The van der Waals surface area contributed by atoms with Gasteiger partial charge < -0.3 is 0 Å². The first-order chi connectivity index (χ1) is 14.6. The normalized spacial score (nSPS) is 16.0. The molecule has 10 heteroatoms. The number of Topliss-reactive ketones (excluding diaryl/α,β-unsaturated/α-hetero) is 1. The van der Waals surface area contributed by atoms with Gasteiger partial charge in [-0.3, -0.25) is 14.9 Å². The van der Waals surface area contributed by atoms with Crippen LogP contribution in [-0.4, -0.2) is 30.3 Å². The van der Waals surface area contributed by atoms with Crippen LogP contribution in [0.5, 0.6) is 0 Å². The van der Waals surface area contributed by atoms with Gasteiger partial charge in [-0.1, -0.05) is 30.0 Å². The first kappa shape index (κ1) is 18.9. The lowest BCUT2D eigenvalue weighted by Gasteiger charge is -2.21. The van der Waals surface area contributed by atoms with Crippen molar-refractivity contribution in [2.24, 2.45) is 0 Å². The molecule has 0 spiro atoms. The van der Waals surface area contributed by atoms with E-state index in [9.17, 15) is 14.9 Å². The van der Waals surface area contributed by atoms with Gasteiger partial charge in [0.05, 0.1) is 16.2 Å². The lowest BCUT2D eigenvalue weighted by Crippen LogP contribution is -2.20. The van der Waals surface area contributed by atoms with E-state index in [2.05, 4.69) is 21.1 Å². The summed E-state index contributed by atoms with van der Waals surface area (Å²) in [6.45, 7) is 0. The maximum Gasteiger partial charge on any atom is 0.269 e. The van der Waals surface area contributed by atoms with E-state index in [0.717, 1.165) is 17.7 Å². The van der Waals surface area contributed by atoms with Crippen molar-refractivity contribution in [3.05, 3.63) is 79.8 Å². The zero-order chi connectivity index (χ0) is 20.7. The van der Waals surface area contributed by atoms with Crippen LogP contribution >= 0.6 is 23.1 Å². The minimum atomic E-state index is -0.418. The second-order valence-electron chi connectivity index (χ2n) is 7.00. The van der Waals surface area contributed by atoms with Crippen LogP contribution in [0.25, 0.3) is 5.78 Å². The molecule has 3 heterocycles. The van der Waals surface area contributed by atoms with E-state index in [1.807, 2.05) is 11.4 Å². The lowest BCUT2D eigenvalue weighted by molar-refractivity contribution is -0.384. The number of thiophene rings is 1. The van der Waals surface area contributed by atoms with Crippen LogP contribution in [0.3, 0.4) is 0 Å². The average Bonchev–Trinajstić information content (AvgIpc) is 3.40. The SMILES string of the molecule is O=C1C[C@H](c2cccs2)Cc2nc3nc(SCc4ccc([N+](=O)[O-])cc4)nn3cc21. The Kier molecular flexibility index (Phi) is 4.80. The van der Waals surface area contributed by atoms with Gasteiger partial charge in [0.2, 0.25) is 5.16 Å². The number of benzene rings is 1. The third kappa shape index (κ3) is 3.59. The molecule has 1 aliphatic rings. The van der Waals surface area contributed by atoms with Crippen LogP contribution in [0.2, 0.25) is 0 Å². The molecule has 30 heavy (non-hydrogen) atoms. The predicted molar refractivity (Wildman–Crippen MR) is 113 cm³/mol. The molecule has 0 unspecified atom stereocenters. The van der Waals surface area contributed by atoms with E-state index in [0.29, 0.717) is 28.7 Å². The van der Waals surface area contributed by atoms with E-state index < -0.39 is 4.92 Å². The van der Waals surface area contributed by atoms with E-state index in [1.54, 1.807) is 34.2 Å². The largest absolute Gasteiger partial charge is 0.294 e. The van der Waals surface area contributed by atoms with Crippen molar-refractivity contribution in [3.63, 3.8) is 0 Å².